The number of primary amides is 1. The Morgan fingerprint density at radius 3 is 2.56 bits per heavy atom. The fourth-order valence-electron chi connectivity index (χ4n) is 1.49. The molecule has 1 amide bonds. The zero-order valence-corrected chi connectivity index (χ0v) is 12.3. The summed E-state index contributed by atoms with van der Waals surface area (Å²) in [6, 6.07) is 10.7. The molecule has 0 fully saturated rings. The lowest BCUT2D eigenvalue weighted by atomic mass is 10.2. The van der Waals surface area contributed by atoms with Crippen LogP contribution >= 0.6 is 38.9 Å². The van der Waals surface area contributed by atoms with Crippen LogP contribution in [0.3, 0.4) is 0 Å². The third kappa shape index (κ3) is 3.04. The van der Waals surface area contributed by atoms with E-state index in [4.69, 9.17) is 17.3 Å². The quantitative estimate of drug-likeness (QED) is 0.885. The van der Waals surface area contributed by atoms with Gasteiger partial charge in [0, 0.05) is 15.0 Å². The molecule has 0 bridgehead atoms. The number of nitrogens with one attached hydrogen (secondary N) is 1. The number of thiophene rings is 1. The van der Waals surface area contributed by atoms with Gasteiger partial charge in [-0.25, -0.2) is 0 Å². The number of benzene rings is 1. The molecule has 1 unspecified atom stereocenters. The van der Waals surface area contributed by atoms with Crippen LogP contribution in [-0.4, -0.2) is 5.91 Å². The van der Waals surface area contributed by atoms with E-state index in [0.29, 0.717) is 4.34 Å². The number of anilines is 1. The van der Waals surface area contributed by atoms with Crippen LogP contribution in [0, 0.1) is 0 Å². The van der Waals surface area contributed by atoms with Gasteiger partial charge in [-0.3, -0.25) is 4.79 Å². The predicted molar refractivity (Wildman–Crippen MR) is 79.0 cm³/mol. The molecule has 94 valence electrons. The first-order valence-electron chi connectivity index (χ1n) is 5.13. The van der Waals surface area contributed by atoms with Crippen LogP contribution in [-0.2, 0) is 4.79 Å². The van der Waals surface area contributed by atoms with Crippen molar-refractivity contribution in [1.29, 1.82) is 0 Å². The second-order valence-corrected chi connectivity index (χ2v) is 6.16. The van der Waals surface area contributed by atoms with Crippen LogP contribution in [0.4, 0.5) is 5.69 Å². The Hall–Kier alpha value is -1.04. The molecule has 1 heterocycles. The van der Waals surface area contributed by atoms with E-state index in [9.17, 15) is 4.79 Å². The Kier molecular flexibility index (Phi) is 4.27. The molecule has 0 saturated heterocycles. The number of hydrogen-bond acceptors (Lipinski definition) is 3. The van der Waals surface area contributed by atoms with Gasteiger partial charge in [0.25, 0.3) is 0 Å². The average molecular weight is 346 g/mol. The topological polar surface area (TPSA) is 55.1 Å². The van der Waals surface area contributed by atoms with Gasteiger partial charge < -0.3 is 11.1 Å². The van der Waals surface area contributed by atoms with Crippen molar-refractivity contribution in [2.75, 3.05) is 5.32 Å². The molecule has 2 rings (SSSR count). The minimum Gasteiger partial charge on any atom is -0.369 e. The maximum Gasteiger partial charge on any atom is 0.245 e. The lowest BCUT2D eigenvalue weighted by molar-refractivity contribution is -0.118. The molecule has 0 saturated carbocycles. The first kappa shape index (κ1) is 13.4. The van der Waals surface area contributed by atoms with E-state index < -0.39 is 11.9 Å². The van der Waals surface area contributed by atoms with E-state index in [-0.39, 0.29) is 0 Å². The molecule has 2 aromatic rings. The van der Waals surface area contributed by atoms with Crippen molar-refractivity contribution in [2.24, 2.45) is 5.73 Å². The molecule has 3 N–H and O–H groups in total. The number of para-hydroxylation sites is 1. The van der Waals surface area contributed by atoms with E-state index in [1.165, 1.54) is 11.3 Å². The molecule has 6 heteroatoms. The van der Waals surface area contributed by atoms with Crippen LogP contribution in [0.2, 0.25) is 4.34 Å². The molecule has 0 radical (unpaired) electrons. The summed E-state index contributed by atoms with van der Waals surface area (Å²) in [5.74, 6) is -0.440. The lowest BCUT2D eigenvalue weighted by Gasteiger charge is -2.14. The maximum absolute atomic E-state index is 11.5. The van der Waals surface area contributed by atoms with Gasteiger partial charge in [-0.05, 0) is 34.1 Å². The standard InChI is InChI=1S/C12H10BrClN2OS/c13-8-6-9(18-11(8)14)10(12(15)17)16-7-4-2-1-3-5-7/h1-6,10,16H,(H2,15,17). The van der Waals surface area contributed by atoms with Crippen molar-refractivity contribution in [3.63, 3.8) is 0 Å². The maximum atomic E-state index is 11.5. The first-order chi connectivity index (χ1) is 8.58. The molecule has 1 aromatic heterocycles. The summed E-state index contributed by atoms with van der Waals surface area (Å²) in [6.45, 7) is 0. The monoisotopic (exact) mass is 344 g/mol. The van der Waals surface area contributed by atoms with E-state index in [2.05, 4.69) is 21.2 Å². The Balaban J connectivity index is 2.27. The summed E-state index contributed by atoms with van der Waals surface area (Å²) < 4.78 is 1.37. The molecule has 1 atom stereocenters. The van der Waals surface area contributed by atoms with Crippen molar-refractivity contribution < 1.29 is 4.79 Å². The highest BCUT2D eigenvalue weighted by Gasteiger charge is 2.21. The summed E-state index contributed by atoms with van der Waals surface area (Å²) in [6.07, 6.45) is 0. The van der Waals surface area contributed by atoms with Crippen molar-refractivity contribution in [3.05, 3.63) is 50.1 Å². The Bertz CT molecular complexity index is 539. The highest BCUT2D eigenvalue weighted by atomic mass is 79.9. The molecule has 0 spiro atoms. The summed E-state index contributed by atoms with van der Waals surface area (Å²) in [5, 5.41) is 3.09. The van der Waals surface area contributed by atoms with Gasteiger partial charge in [-0.2, -0.15) is 0 Å². The molecule has 0 aliphatic rings. The van der Waals surface area contributed by atoms with Gasteiger partial charge in [0.15, 0.2) is 0 Å². The second kappa shape index (κ2) is 5.73. The molecular weight excluding hydrogens is 336 g/mol. The van der Waals surface area contributed by atoms with Crippen LogP contribution in [0.1, 0.15) is 10.9 Å². The van der Waals surface area contributed by atoms with Crippen molar-refractivity contribution in [2.45, 2.75) is 6.04 Å². The van der Waals surface area contributed by atoms with Crippen LogP contribution in [0.15, 0.2) is 40.9 Å². The normalized spacial score (nSPS) is 12.1. The number of amides is 1. The number of carbonyl (C=O) groups is 1. The molecule has 0 aliphatic carbocycles. The smallest absolute Gasteiger partial charge is 0.245 e. The fourth-order valence-corrected chi connectivity index (χ4v) is 3.28. The molecule has 18 heavy (non-hydrogen) atoms. The summed E-state index contributed by atoms with van der Waals surface area (Å²) in [4.78, 5) is 12.3. The number of hydrogen-bond donors (Lipinski definition) is 2. The lowest BCUT2D eigenvalue weighted by Crippen LogP contribution is -2.26. The van der Waals surface area contributed by atoms with E-state index >= 15 is 0 Å². The second-order valence-electron chi connectivity index (χ2n) is 3.62. The first-order valence-corrected chi connectivity index (χ1v) is 7.12. The molecule has 3 nitrogen and oxygen atoms in total. The SMILES string of the molecule is NC(=O)C(Nc1ccccc1)c1cc(Br)c(Cl)s1. The number of carbonyl (C=O) groups excluding carboxylic acids is 1. The predicted octanol–water partition coefficient (Wildman–Crippen LogP) is 3.80. The van der Waals surface area contributed by atoms with Gasteiger partial charge >= 0.3 is 0 Å². The third-order valence-electron chi connectivity index (χ3n) is 2.32. The number of rotatable bonds is 4. The zero-order chi connectivity index (χ0) is 13.1. The van der Waals surface area contributed by atoms with Gasteiger partial charge in [-0.1, -0.05) is 29.8 Å². The van der Waals surface area contributed by atoms with E-state index in [0.717, 1.165) is 15.0 Å². The summed E-state index contributed by atoms with van der Waals surface area (Å²) in [5.41, 5.74) is 6.26. The highest BCUT2D eigenvalue weighted by Crippen LogP contribution is 2.36. The fraction of sp³-hybridized carbons (Fsp3) is 0.0833. The van der Waals surface area contributed by atoms with Gasteiger partial charge in [0.1, 0.15) is 10.4 Å². The van der Waals surface area contributed by atoms with Crippen LogP contribution in [0.25, 0.3) is 0 Å². The average Bonchev–Trinajstić information content (AvgIpc) is 2.67. The minimum atomic E-state index is -0.582. The van der Waals surface area contributed by atoms with Crippen molar-refractivity contribution in [3.8, 4) is 0 Å². The number of nitrogens with two attached hydrogens (primary N) is 1. The minimum absolute atomic E-state index is 0.440. The van der Waals surface area contributed by atoms with Crippen LogP contribution < -0.4 is 11.1 Å². The largest absolute Gasteiger partial charge is 0.369 e. The van der Waals surface area contributed by atoms with E-state index in [1.807, 2.05) is 30.3 Å². The Labute approximate surface area is 122 Å². The zero-order valence-electron chi connectivity index (χ0n) is 9.19. The van der Waals surface area contributed by atoms with E-state index in [1.54, 1.807) is 6.07 Å². The van der Waals surface area contributed by atoms with Gasteiger partial charge in [0.2, 0.25) is 5.91 Å². The number of halogens is 2. The van der Waals surface area contributed by atoms with Gasteiger partial charge in [0.05, 0.1) is 0 Å². The molecular formula is C12H10BrClN2OS. The Morgan fingerprint density at radius 2 is 2.06 bits per heavy atom. The van der Waals surface area contributed by atoms with Crippen molar-refractivity contribution in [1.82, 2.24) is 0 Å². The molecule has 0 aliphatic heterocycles. The van der Waals surface area contributed by atoms with Crippen molar-refractivity contribution >= 4 is 50.5 Å². The van der Waals surface area contributed by atoms with Crippen LogP contribution in [0.5, 0.6) is 0 Å². The van der Waals surface area contributed by atoms with Gasteiger partial charge in [-0.15, -0.1) is 11.3 Å². The summed E-state index contributed by atoms with van der Waals surface area (Å²) in [7, 11) is 0. The highest BCUT2D eigenvalue weighted by molar-refractivity contribution is 9.10. The Morgan fingerprint density at radius 1 is 1.39 bits per heavy atom. The third-order valence-corrected chi connectivity index (χ3v) is 4.86. The summed E-state index contributed by atoms with van der Waals surface area (Å²) >= 11 is 10.6. The molecule has 1 aromatic carbocycles.